The highest BCUT2D eigenvalue weighted by Gasteiger charge is 2.19. The summed E-state index contributed by atoms with van der Waals surface area (Å²) in [5.74, 6) is 2.45. The Hall–Kier alpha value is -5.18. The highest BCUT2D eigenvalue weighted by molar-refractivity contribution is 6.12. The Kier molecular flexibility index (Phi) is 7.69. The Morgan fingerprint density at radius 2 is 1.27 bits per heavy atom. The van der Waals surface area contributed by atoms with Crippen LogP contribution in [0.25, 0.3) is 39.1 Å². The molecule has 5 aromatic rings. The molecular weight excluding hydrogens is 524 g/mol. The Labute approximate surface area is 237 Å². The van der Waals surface area contributed by atoms with E-state index in [4.69, 9.17) is 33.4 Å². The third kappa shape index (κ3) is 4.98. The highest BCUT2D eigenvalue weighted by Crippen LogP contribution is 2.43. The minimum absolute atomic E-state index is 0.251. The zero-order valence-electron chi connectivity index (χ0n) is 23.7. The number of benzene rings is 3. The van der Waals surface area contributed by atoms with Crippen molar-refractivity contribution < 1.29 is 33.2 Å². The molecule has 9 nitrogen and oxygen atoms in total. The van der Waals surface area contributed by atoms with Crippen LogP contribution in [0.3, 0.4) is 0 Å². The fourth-order valence-electron chi connectivity index (χ4n) is 4.86. The molecule has 5 rings (SSSR count). The number of ketones is 1. The number of rotatable bonds is 10. The first-order valence-electron chi connectivity index (χ1n) is 12.7. The molecule has 0 radical (unpaired) electrons. The lowest BCUT2D eigenvalue weighted by molar-refractivity contribution is 0.104. The first-order chi connectivity index (χ1) is 20.0. The second-order valence-corrected chi connectivity index (χ2v) is 9.01. The van der Waals surface area contributed by atoms with Crippen molar-refractivity contribution in [2.75, 3.05) is 42.7 Å². The van der Waals surface area contributed by atoms with Crippen molar-refractivity contribution in [1.29, 1.82) is 0 Å². The number of allylic oxidation sites excluding steroid dienone is 1. The number of aromatic nitrogens is 2. The Morgan fingerprint density at radius 3 is 1.83 bits per heavy atom. The van der Waals surface area contributed by atoms with Crippen molar-refractivity contribution >= 4 is 33.7 Å². The lowest BCUT2D eigenvalue weighted by atomic mass is 10.0. The molecule has 0 bridgehead atoms. The van der Waals surface area contributed by atoms with Crippen LogP contribution < -0.4 is 28.4 Å². The Bertz CT molecular complexity index is 1740. The molecule has 0 amide bonds. The van der Waals surface area contributed by atoms with Gasteiger partial charge in [-0.2, -0.15) is 0 Å². The number of hydrogen-bond acceptors (Lipinski definition) is 8. The van der Waals surface area contributed by atoms with Crippen LogP contribution in [0, 0.1) is 0 Å². The third-order valence-electron chi connectivity index (χ3n) is 6.81. The monoisotopic (exact) mass is 554 g/mol. The number of carbonyl (C=O) groups excluding carboxylic acids is 1. The summed E-state index contributed by atoms with van der Waals surface area (Å²) in [6.45, 7) is 0. The van der Waals surface area contributed by atoms with Gasteiger partial charge < -0.3 is 33.4 Å². The normalized spacial score (nSPS) is 11.2. The van der Waals surface area contributed by atoms with Crippen molar-refractivity contribution in [3.05, 3.63) is 71.9 Å². The molecule has 3 aromatic carbocycles. The summed E-state index contributed by atoms with van der Waals surface area (Å²) in [5.41, 5.74) is 4.20. The maximum atomic E-state index is 13.3. The van der Waals surface area contributed by atoms with Gasteiger partial charge in [0.05, 0.1) is 59.6 Å². The van der Waals surface area contributed by atoms with E-state index in [-0.39, 0.29) is 5.78 Å². The van der Waals surface area contributed by atoms with Gasteiger partial charge >= 0.3 is 0 Å². The van der Waals surface area contributed by atoms with E-state index in [1.54, 1.807) is 39.5 Å². The molecule has 0 fully saturated rings. The molecule has 41 heavy (non-hydrogen) atoms. The number of carbonyl (C=O) groups is 1. The molecule has 0 saturated carbocycles. The fourth-order valence-corrected chi connectivity index (χ4v) is 4.86. The fraction of sp³-hybridized carbons (Fsp3) is 0.188. The number of H-pyrrole nitrogens is 1. The minimum Gasteiger partial charge on any atom is -0.493 e. The van der Waals surface area contributed by atoms with Gasteiger partial charge in [-0.15, -0.1) is 0 Å². The van der Waals surface area contributed by atoms with Gasteiger partial charge in [0.1, 0.15) is 0 Å². The molecule has 0 unspecified atom stereocenters. The van der Waals surface area contributed by atoms with Crippen molar-refractivity contribution in [3.63, 3.8) is 0 Å². The summed E-state index contributed by atoms with van der Waals surface area (Å²) in [7, 11) is 9.23. The van der Waals surface area contributed by atoms with E-state index in [1.807, 2.05) is 42.5 Å². The summed E-state index contributed by atoms with van der Waals surface area (Å²) < 4.78 is 32.9. The van der Waals surface area contributed by atoms with Gasteiger partial charge in [0.2, 0.25) is 11.5 Å². The van der Waals surface area contributed by atoms with Gasteiger partial charge in [0, 0.05) is 27.4 Å². The molecule has 9 heteroatoms. The van der Waals surface area contributed by atoms with E-state index < -0.39 is 0 Å². The van der Waals surface area contributed by atoms with Gasteiger partial charge in [0.15, 0.2) is 28.8 Å². The van der Waals surface area contributed by atoms with Crippen LogP contribution in [0.2, 0.25) is 0 Å². The second-order valence-electron chi connectivity index (χ2n) is 9.01. The Balaban J connectivity index is 1.65. The van der Waals surface area contributed by atoms with Gasteiger partial charge in [-0.25, -0.2) is 4.98 Å². The first kappa shape index (κ1) is 27.4. The van der Waals surface area contributed by atoms with Crippen LogP contribution in [0.1, 0.15) is 16.1 Å². The van der Waals surface area contributed by atoms with E-state index in [1.165, 1.54) is 27.4 Å². The average molecular weight is 555 g/mol. The van der Waals surface area contributed by atoms with Crippen molar-refractivity contribution in [1.82, 2.24) is 9.97 Å². The number of hydrogen-bond donors (Lipinski definition) is 1. The van der Waals surface area contributed by atoms with E-state index >= 15 is 0 Å². The second kappa shape index (κ2) is 11.5. The number of pyridine rings is 1. The molecule has 0 aliphatic heterocycles. The molecule has 0 saturated heterocycles. The van der Waals surface area contributed by atoms with E-state index in [0.29, 0.717) is 51.4 Å². The van der Waals surface area contributed by atoms with Gasteiger partial charge in [-0.1, -0.05) is 18.2 Å². The lowest BCUT2D eigenvalue weighted by Crippen LogP contribution is -2.00. The Morgan fingerprint density at radius 1 is 0.707 bits per heavy atom. The van der Waals surface area contributed by atoms with Crippen LogP contribution in [0.4, 0.5) is 0 Å². The molecular formula is C32H30N2O7. The maximum Gasteiger partial charge on any atom is 0.203 e. The van der Waals surface area contributed by atoms with Crippen LogP contribution in [-0.2, 0) is 0 Å². The summed E-state index contributed by atoms with van der Waals surface area (Å²) in [5, 5.41) is 1.99. The van der Waals surface area contributed by atoms with Gasteiger partial charge in [-0.3, -0.25) is 4.79 Å². The number of para-hydroxylation sites is 1. The summed E-state index contributed by atoms with van der Waals surface area (Å²) in [6.07, 6.45) is 3.16. The van der Waals surface area contributed by atoms with E-state index in [0.717, 1.165) is 27.4 Å². The third-order valence-corrected chi connectivity index (χ3v) is 6.81. The van der Waals surface area contributed by atoms with E-state index in [9.17, 15) is 4.79 Å². The van der Waals surface area contributed by atoms with Crippen LogP contribution >= 0.6 is 0 Å². The molecule has 0 spiro atoms. The van der Waals surface area contributed by atoms with Crippen LogP contribution in [0.15, 0.2) is 60.7 Å². The largest absolute Gasteiger partial charge is 0.493 e. The number of fused-ring (bicyclic) bond motifs is 3. The minimum atomic E-state index is -0.251. The number of nitrogens with one attached hydrogen (secondary N) is 1. The number of nitrogens with zero attached hydrogens (tertiary/aromatic N) is 1. The molecule has 210 valence electrons. The summed E-state index contributed by atoms with van der Waals surface area (Å²) in [6, 6.07) is 16.9. The topological polar surface area (TPSA) is 101 Å². The quantitative estimate of drug-likeness (QED) is 0.158. The molecule has 1 N–H and O–H groups in total. The van der Waals surface area contributed by atoms with Crippen LogP contribution in [-0.4, -0.2) is 58.4 Å². The number of ether oxygens (including phenoxy) is 6. The zero-order chi connectivity index (χ0) is 29.1. The molecule has 2 heterocycles. The summed E-state index contributed by atoms with van der Waals surface area (Å²) in [4.78, 5) is 21.7. The number of methoxy groups -OCH3 is 6. The first-order valence-corrected chi connectivity index (χ1v) is 12.7. The van der Waals surface area contributed by atoms with Gasteiger partial charge in [-0.05, 0) is 48.6 Å². The molecule has 2 aromatic heterocycles. The van der Waals surface area contributed by atoms with Crippen molar-refractivity contribution in [2.24, 2.45) is 0 Å². The zero-order valence-corrected chi connectivity index (χ0v) is 23.7. The van der Waals surface area contributed by atoms with Gasteiger partial charge in [0.25, 0.3) is 0 Å². The van der Waals surface area contributed by atoms with Crippen molar-refractivity contribution in [3.8, 4) is 45.8 Å². The van der Waals surface area contributed by atoms with Crippen LogP contribution in [0.5, 0.6) is 34.5 Å². The number of aromatic amines is 1. The molecule has 0 atom stereocenters. The standard InChI is InChI=1S/C32H30N2O7/c1-36-25-13-18(14-26(37-2)31(25)40-5)24(35)12-11-20-17-22-21-9-7-8-10-23(21)34-30(22)29(33-20)19-15-27(38-3)32(41-6)28(16-19)39-4/h7-17,34H,1-6H3/b12-11+. The SMILES string of the molecule is COc1cc(C(=O)/C=C/c2cc3c([nH]c4ccccc43)c(-c3cc(OC)c(OC)c(OC)c3)n2)cc(OC)c1OC. The predicted molar refractivity (Wildman–Crippen MR) is 158 cm³/mol. The average Bonchev–Trinajstić information content (AvgIpc) is 3.40. The maximum absolute atomic E-state index is 13.3. The predicted octanol–water partition coefficient (Wildman–Crippen LogP) is 6.33. The van der Waals surface area contributed by atoms with E-state index in [2.05, 4.69) is 4.98 Å². The smallest absolute Gasteiger partial charge is 0.203 e. The molecule has 0 aliphatic carbocycles. The van der Waals surface area contributed by atoms with Crippen molar-refractivity contribution in [2.45, 2.75) is 0 Å². The molecule has 0 aliphatic rings. The highest BCUT2D eigenvalue weighted by atomic mass is 16.5. The summed E-state index contributed by atoms with van der Waals surface area (Å²) >= 11 is 0. The lowest BCUT2D eigenvalue weighted by Gasteiger charge is -2.14.